The summed E-state index contributed by atoms with van der Waals surface area (Å²) in [6, 6.07) is 13.1. The van der Waals surface area contributed by atoms with E-state index in [1.807, 2.05) is 17.9 Å². The van der Waals surface area contributed by atoms with E-state index in [4.69, 9.17) is 4.98 Å². The van der Waals surface area contributed by atoms with Gasteiger partial charge < -0.3 is 4.57 Å². The highest BCUT2D eigenvalue weighted by molar-refractivity contribution is 5.83. The van der Waals surface area contributed by atoms with Crippen LogP contribution in [0.1, 0.15) is 35.7 Å². The number of likely N-dealkylation sites (tertiary alicyclic amines) is 1. The Bertz CT molecular complexity index is 1190. The molecule has 1 aliphatic rings. The summed E-state index contributed by atoms with van der Waals surface area (Å²) in [4.78, 5) is 7.53. The zero-order valence-electron chi connectivity index (χ0n) is 18.0. The molecule has 30 heavy (non-hydrogen) atoms. The minimum absolute atomic E-state index is 0.476. The average Bonchev–Trinajstić information content (AvgIpc) is 3.32. The summed E-state index contributed by atoms with van der Waals surface area (Å²) in [7, 11) is 4.10. The van der Waals surface area contributed by atoms with Gasteiger partial charge in [-0.3, -0.25) is 14.6 Å². The molecule has 0 amide bonds. The van der Waals surface area contributed by atoms with Gasteiger partial charge in [-0.1, -0.05) is 18.2 Å². The van der Waals surface area contributed by atoms with Gasteiger partial charge in [0.15, 0.2) is 0 Å². The number of hydrogen-bond acceptors (Lipinski definition) is 3. The molecule has 1 aromatic carbocycles. The molecule has 1 fully saturated rings. The zero-order chi connectivity index (χ0) is 20.7. The molecule has 4 aromatic rings. The van der Waals surface area contributed by atoms with Crippen molar-refractivity contribution in [2.24, 2.45) is 14.1 Å². The molecule has 4 heterocycles. The molecular weight excluding hydrogens is 370 g/mol. The lowest BCUT2D eigenvalue weighted by molar-refractivity contribution is 0.199. The van der Waals surface area contributed by atoms with Crippen molar-refractivity contribution in [1.29, 1.82) is 0 Å². The minimum Gasteiger partial charge on any atom is -0.350 e. The van der Waals surface area contributed by atoms with Crippen LogP contribution < -0.4 is 0 Å². The van der Waals surface area contributed by atoms with Crippen molar-refractivity contribution in [2.45, 2.75) is 32.2 Å². The summed E-state index contributed by atoms with van der Waals surface area (Å²) < 4.78 is 4.10. The fourth-order valence-electron chi connectivity index (χ4n) is 4.87. The van der Waals surface area contributed by atoms with Crippen LogP contribution >= 0.6 is 0 Å². The third-order valence-electron chi connectivity index (χ3n) is 6.31. The average molecular weight is 400 g/mol. The molecule has 0 spiro atoms. The van der Waals surface area contributed by atoms with Crippen LogP contribution in [0.2, 0.25) is 0 Å². The Morgan fingerprint density at radius 2 is 1.93 bits per heavy atom. The molecule has 5 rings (SSSR count). The van der Waals surface area contributed by atoms with E-state index in [1.165, 1.54) is 40.6 Å². The van der Waals surface area contributed by atoms with Gasteiger partial charge in [0.25, 0.3) is 0 Å². The van der Waals surface area contributed by atoms with E-state index in [0.717, 1.165) is 30.9 Å². The summed E-state index contributed by atoms with van der Waals surface area (Å²) in [5.74, 6) is 0.476. The van der Waals surface area contributed by atoms with Gasteiger partial charge >= 0.3 is 0 Å². The third-order valence-corrected chi connectivity index (χ3v) is 6.31. The second-order valence-corrected chi connectivity index (χ2v) is 8.68. The number of pyridine rings is 1. The molecular formula is C25H29N5. The number of aromatic nitrogens is 4. The zero-order valence-corrected chi connectivity index (χ0v) is 18.0. The van der Waals surface area contributed by atoms with Crippen molar-refractivity contribution < 1.29 is 0 Å². The normalized spacial score (nSPS) is 17.6. The molecule has 1 atom stereocenters. The van der Waals surface area contributed by atoms with Crippen molar-refractivity contribution in [3.8, 4) is 11.1 Å². The topological polar surface area (TPSA) is 38.9 Å². The van der Waals surface area contributed by atoms with E-state index in [2.05, 4.69) is 77.3 Å². The van der Waals surface area contributed by atoms with Gasteiger partial charge in [-0.15, -0.1) is 0 Å². The SMILES string of the molecule is Cc1cc(-c2cnn(C)c2)cc(C2CCCN(Cc3cn(C)c4ccccc34)C2)n1. The number of piperidine rings is 1. The minimum atomic E-state index is 0.476. The maximum Gasteiger partial charge on any atom is 0.0568 e. The summed E-state index contributed by atoms with van der Waals surface area (Å²) in [6.07, 6.45) is 8.72. The maximum atomic E-state index is 4.93. The van der Waals surface area contributed by atoms with Crippen LogP contribution in [0, 0.1) is 6.92 Å². The van der Waals surface area contributed by atoms with Gasteiger partial charge in [-0.25, -0.2) is 0 Å². The van der Waals surface area contributed by atoms with E-state index in [0.29, 0.717) is 5.92 Å². The Morgan fingerprint density at radius 1 is 1.07 bits per heavy atom. The number of hydrogen-bond donors (Lipinski definition) is 0. The first kappa shape index (κ1) is 19.1. The molecule has 0 N–H and O–H groups in total. The highest BCUT2D eigenvalue weighted by atomic mass is 15.2. The Labute approximate surface area is 178 Å². The molecule has 5 heteroatoms. The molecule has 0 aliphatic carbocycles. The number of rotatable bonds is 4. The fourth-order valence-corrected chi connectivity index (χ4v) is 4.87. The summed E-state index contributed by atoms with van der Waals surface area (Å²) in [6.45, 7) is 5.31. The molecule has 5 nitrogen and oxygen atoms in total. The van der Waals surface area contributed by atoms with Crippen LogP contribution in [0.15, 0.2) is 55.0 Å². The number of para-hydroxylation sites is 1. The Hall–Kier alpha value is -2.92. The first-order chi connectivity index (χ1) is 14.6. The van der Waals surface area contributed by atoms with E-state index in [1.54, 1.807) is 0 Å². The maximum absolute atomic E-state index is 4.93. The molecule has 0 radical (unpaired) electrons. The van der Waals surface area contributed by atoms with E-state index < -0.39 is 0 Å². The van der Waals surface area contributed by atoms with Crippen LogP contribution in [0.25, 0.3) is 22.0 Å². The van der Waals surface area contributed by atoms with Crippen molar-refractivity contribution in [2.75, 3.05) is 13.1 Å². The van der Waals surface area contributed by atoms with E-state index >= 15 is 0 Å². The highest BCUT2D eigenvalue weighted by Crippen LogP contribution is 2.31. The second kappa shape index (κ2) is 7.73. The molecule has 3 aromatic heterocycles. The predicted molar refractivity (Wildman–Crippen MR) is 121 cm³/mol. The van der Waals surface area contributed by atoms with Crippen molar-refractivity contribution in [3.63, 3.8) is 0 Å². The number of fused-ring (bicyclic) bond motifs is 1. The lowest BCUT2D eigenvalue weighted by atomic mass is 9.92. The molecule has 0 saturated carbocycles. The number of aryl methyl sites for hydroxylation is 3. The monoisotopic (exact) mass is 399 g/mol. The van der Waals surface area contributed by atoms with Crippen molar-refractivity contribution in [1.82, 2.24) is 24.2 Å². The standard InChI is InChI=1S/C25H29N5/c1-18-11-20(21-13-26-29(3)15-21)12-24(27-18)19-7-6-10-30(16-19)17-22-14-28(2)25-9-5-4-8-23(22)25/h4-5,8-9,11-15,19H,6-7,10,16-17H2,1-3H3. The van der Waals surface area contributed by atoms with Crippen molar-refractivity contribution >= 4 is 10.9 Å². The van der Waals surface area contributed by atoms with Gasteiger partial charge in [0.05, 0.1) is 6.20 Å². The van der Waals surface area contributed by atoms with Gasteiger partial charge in [0, 0.05) is 73.4 Å². The van der Waals surface area contributed by atoms with Crippen LogP contribution in [0.3, 0.4) is 0 Å². The van der Waals surface area contributed by atoms with E-state index in [-0.39, 0.29) is 0 Å². The van der Waals surface area contributed by atoms with Gasteiger partial charge in [-0.05, 0) is 55.6 Å². The van der Waals surface area contributed by atoms with Crippen LogP contribution in [-0.2, 0) is 20.6 Å². The summed E-state index contributed by atoms with van der Waals surface area (Å²) in [5, 5.41) is 5.71. The predicted octanol–water partition coefficient (Wildman–Crippen LogP) is 4.66. The molecule has 1 aliphatic heterocycles. The van der Waals surface area contributed by atoms with Crippen LogP contribution in [0.5, 0.6) is 0 Å². The molecule has 154 valence electrons. The number of benzene rings is 1. The van der Waals surface area contributed by atoms with Gasteiger partial charge in [0.2, 0.25) is 0 Å². The van der Waals surface area contributed by atoms with Gasteiger partial charge in [-0.2, -0.15) is 5.10 Å². The van der Waals surface area contributed by atoms with Crippen LogP contribution in [0.4, 0.5) is 0 Å². The lowest BCUT2D eigenvalue weighted by Gasteiger charge is -2.32. The largest absolute Gasteiger partial charge is 0.350 e. The third kappa shape index (κ3) is 3.65. The van der Waals surface area contributed by atoms with Crippen molar-refractivity contribution in [3.05, 3.63) is 71.9 Å². The second-order valence-electron chi connectivity index (χ2n) is 8.68. The molecule has 1 unspecified atom stereocenters. The fraction of sp³-hybridized carbons (Fsp3) is 0.360. The number of nitrogens with zero attached hydrogens (tertiary/aromatic N) is 5. The van der Waals surface area contributed by atoms with E-state index in [9.17, 15) is 0 Å². The first-order valence-electron chi connectivity index (χ1n) is 10.8. The smallest absolute Gasteiger partial charge is 0.0568 e. The lowest BCUT2D eigenvalue weighted by Crippen LogP contribution is -2.34. The molecule has 1 saturated heterocycles. The summed E-state index contributed by atoms with van der Waals surface area (Å²) >= 11 is 0. The Balaban J connectivity index is 1.38. The van der Waals surface area contributed by atoms with Gasteiger partial charge in [0.1, 0.15) is 0 Å². The van der Waals surface area contributed by atoms with Crippen LogP contribution in [-0.4, -0.2) is 37.3 Å². The summed E-state index contributed by atoms with van der Waals surface area (Å²) in [5.41, 5.74) is 7.41. The Morgan fingerprint density at radius 3 is 2.77 bits per heavy atom. The highest BCUT2D eigenvalue weighted by Gasteiger charge is 2.24. The first-order valence-corrected chi connectivity index (χ1v) is 10.8. The Kier molecular flexibility index (Phi) is 4.91. The quantitative estimate of drug-likeness (QED) is 0.501. The molecule has 0 bridgehead atoms.